The lowest BCUT2D eigenvalue weighted by atomic mass is 10.2. The highest BCUT2D eigenvalue weighted by atomic mass is 35.5. The number of benzene rings is 1. The second-order valence-corrected chi connectivity index (χ2v) is 4.30. The van der Waals surface area contributed by atoms with E-state index in [-0.39, 0.29) is 18.3 Å². The van der Waals surface area contributed by atoms with Gasteiger partial charge in [0.2, 0.25) is 0 Å². The second-order valence-electron chi connectivity index (χ2n) is 4.30. The topological polar surface area (TPSA) is 59.6 Å². The zero-order valence-electron chi connectivity index (χ0n) is 12.9. The lowest BCUT2D eigenvalue weighted by molar-refractivity contribution is 0.0953. The van der Waals surface area contributed by atoms with E-state index in [1.54, 1.807) is 25.3 Å². The fraction of sp³-hybridized carbons (Fsp3) is 0.533. The van der Waals surface area contributed by atoms with Gasteiger partial charge >= 0.3 is 0 Å². The van der Waals surface area contributed by atoms with Crippen molar-refractivity contribution in [2.75, 3.05) is 33.4 Å². The smallest absolute Gasteiger partial charge is 0.251 e. The molecule has 0 radical (unpaired) electrons. The molecule has 0 heterocycles. The van der Waals surface area contributed by atoms with E-state index >= 15 is 0 Å². The van der Waals surface area contributed by atoms with Gasteiger partial charge < -0.3 is 20.1 Å². The fourth-order valence-corrected chi connectivity index (χ4v) is 1.75. The molecule has 0 saturated carbocycles. The van der Waals surface area contributed by atoms with Crippen LogP contribution >= 0.6 is 12.4 Å². The Morgan fingerprint density at radius 2 is 1.90 bits per heavy atom. The summed E-state index contributed by atoms with van der Waals surface area (Å²) in [6.07, 6.45) is 1.09. The van der Waals surface area contributed by atoms with E-state index in [4.69, 9.17) is 9.47 Å². The molecule has 0 saturated heterocycles. The van der Waals surface area contributed by atoms with Crippen LogP contribution < -0.4 is 20.1 Å². The first-order chi connectivity index (χ1) is 9.72. The van der Waals surface area contributed by atoms with Crippen molar-refractivity contribution in [2.24, 2.45) is 0 Å². The molecule has 0 fully saturated rings. The zero-order chi connectivity index (χ0) is 14.8. The molecule has 0 atom stereocenters. The van der Waals surface area contributed by atoms with Gasteiger partial charge in [-0.25, -0.2) is 0 Å². The quantitative estimate of drug-likeness (QED) is 0.686. The van der Waals surface area contributed by atoms with Gasteiger partial charge in [-0.3, -0.25) is 4.79 Å². The van der Waals surface area contributed by atoms with E-state index < -0.39 is 0 Å². The zero-order valence-corrected chi connectivity index (χ0v) is 13.7. The van der Waals surface area contributed by atoms with Crippen LogP contribution in [0.3, 0.4) is 0 Å². The third-order valence-corrected chi connectivity index (χ3v) is 2.74. The first-order valence-electron chi connectivity index (χ1n) is 7.02. The van der Waals surface area contributed by atoms with Gasteiger partial charge in [-0.15, -0.1) is 12.4 Å². The number of ether oxygens (including phenoxy) is 2. The molecule has 2 N–H and O–H groups in total. The number of hydrogen-bond acceptors (Lipinski definition) is 4. The summed E-state index contributed by atoms with van der Waals surface area (Å²) in [5, 5.41) is 6.09. The number of carbonyl (C=O) groups excluding carboxylic acids is 1. The summed E-state index contributed by atoms with van der Waals surface area (Å²) < 4.78 is 10.7. The number of hydrogen-bond donors (Lipinski definition) is 2. The molecule has 5 nitrogen and oxygen atoms in total. The fourth-order valence-electron chi connectivity index (χ4n) is 1.75. The molecule has 1 aromatic carbocycles. The first-order valence-corrected chi connectivity index (χ1v) is 7.02. The van der Waals surface area contributed by atoms with Crippen molar-refractivity contribution in [3.8, 4) is 11.5 Å². The predicted octanol–water partition coefficient (Wildman–Crippen LogP) is 2.25. The van der Waals surface area contributed by atoms with Gasteiger partial charge in [0.1, 0.15) is 0 Å². The molecule has 0 bridgehead atoms. The van der Waals surface area contributed by atoms with Crippen molar-refractivity contribution < 1.29 is 14.3 Å². The van der Waals surface area contributed by atoms with E-state index in [1.807, 2.05) is 6.92 Å². The molecular weight excluding hydrogens is 292 g/mol. The highest BCUT2D eigenvalue weighted by Crippen LogP contribution is 2.27. The SMILES string of the molecule is CCCNCCNC(=O)c1ccc(OCC)c(OC)c1.Cl. The van der Waals surface area contributed by atoms with Crippen LogP contribution in [0, 0.1) is 0 Å². The van der Waals surface area contributed by atoms with Crippen LogP contribution in [-0.4, -0.2) is 39.3 Å². The molecule has 6 heteroatoms. The minimum atomic E-state index is -0.107. The minimum absolute atomic E-state index is 0. The maximum absolute atomic E-state index is 12.0. The van der Waals surface area contributed by atoms with E-state index in [9.17, 15) is 4.79 Å². The summed E-state index contributed by atoms with van der Waals surface area (Å²) in [4.78, 5) is 12.0. The molecule has 21 heavy (non-hydrogen) atoms. The number of amides is 1. The van der Waals surface area contributed by atoms with Crippen LogP contribution in [0.15, 0.2) is 18.2 Å². The van der Waals surface area contributed by atoms with Crippen molar-refractivity contribution >= 4 is 18.3 Å². The molecule has 1 amide bonds. The largest absolute Gasteiger partial charge is 0.493 e. The molecule has 0 aliphatic carbocycles. The van der Waals surface area contributed by atoms with Crippen molar-refractivity contribution in [1.82, 2.24) is 10.6 Å². The van der Waals surface area contributed by atoms with E-state index in [2.05, 4.69) is 17.6 Å². The molecule has 120 valence electrons. The van der Waals surface area contributed by atoms with Crippen LogP contribution in [0.1, 0.15) is 30.6 Å². The number of nitrogens with one attached hydrogen (secondary N) is 2. The van der Waals surface area contributed by atoms with Gasteiger partial charge in [0.25, 0.3) is 5.91 Å². The van der Waals surface area contributed by atoms with Gasteiger partial charge in [-0.1, -0.05) is 6.92 Å². The molecular formula is C15H25ClN2O3. The molecule has 0 aromatic heterocycles. The molecule has 0 aliphatic rings. The summed E-state index contributed by atoms with van der Waals surface area (Å²) in [6.45, 7) is 6.92. The summed E-state index contributed by atoms with van der Waals surface area (Å²) in [7, 11) is 1.56. The Morgan fingerprint density at radius 3 is 2.52 bits per heavy atom. The maximum Gasteiger partial charge on any atom is 0.251 e. The van der Waals surface area contributed by atoms with Crippen molar-refractivity contribution in [2.45, 2.75) is 20.3 Å². The highest BCUT2D eigenvalue weighted by molar-refractivity contribution is 5.94. The first kappa shape index (κ1) is 19.5. The van der Waals surface area contributed by atoms with Crippen LogP contribution in [0.5, 0.6) is 11.5 Å². The molecule has 1 rings (SSSR count). The average molecular weight is 317 g/mol. The van der Waals surface area contributed by atoms with Crippen LogP contribution in [0.2, 0.25) is 0 Å². The van der Waals surface area contributed by atoms with E-state index in [1.165, 1.54) is 0 Å². The van der Waals surface area contributed by atoms with Crippen LogP contribution in [0.4, 0.5) is 0 Å². The summed E-state index contributed by atoms with van der Waals surface area (Å²) >= 11 is 0. The summed E-state index contributed by atoms with van der Waals surface area (Å²) in [5.74, 6) is 1.12. The number of carbonyl (C=O) groups is 1. The van der Waals surface area contributed by atoms with Gasteiger partial charge in [0.15, 0.2) is 11.5 Å². The van der Waals surface area contributed by atoms with Crippen molar-refractivity contribution in [3.05, 3.63) is 23.8 Å². The average Bonchev–Trinajstić information content (AvgIpc) is 2.47. The van der Waals surface area contributed by atoms with Gasteiger partial charge in [0.05, 0.1) is 13.7 Å². The van der Waals surface area contributed by atoms with Crippen LogP contribution in [0.25, 0.3) is 0 Å². The Labute approximate surface area is 132 Å². The molecule has 0 spiro atoms. The van der Waals surface area contributed by atoms with Gasteiger partial charge in [0, 0.05) is 18.7 Å². The van der Waals surface area contributed by atoms with Crippen molar-refractivity contribution in [3.63, 3.8) is 0 Å². The second kappa shape index (κ2) is 11.2. The lowest BCUT2D eigenvalue weighted by Gasteiger charge is -2.11. The lowest BCUT2D eigenvalue weighted by Crippen LogP contribution is -2.32. The Balaban J connectivity index is 0.00000400. The number of rotatable bonds is 9. The normalized spacial score (nSPS) is 9.67. The molecule has 1 aromatic rings. The third-order valence-electron chi connectivity index (χ3n) is 2.74. The third kappa shape index (κ3) is 6.69. The number of methoxy groups -OCH3 is 1. The maximum atomic E-state index is 12.0. The molecule has 0 unspecified atom stereocenters. The highest BCUT2D eigenvalue weighted by Gasteiger charge is 2.10. The number of halogens is 1. The summed E-state index contributed by atoms with van der Waals surface area (Å²) in [6, 6.07) is 5.19. The Morgan fingerprint density at radius 1 is 1.14 bits per heavy atom. The Bertz CT molecular complexity index is 427. The Hall–Kier alpha value is -1.46. The predicted molar refractivity (Wildman–Crippen MR) is 86.9 cm³/mol. The molecule has 0 aliphatic heterocycles. The van der Waals surface area contributed by atoms with Gasteiger partial charge in [-0.2, -0.15) is 0 Å². The van der Waals surface area contributed by atoms with E-state index in [0.29, 0.717) is 30.2 Å². The monoisotopic (exact) mass is 316 g/mol. The standard InChI is InChI=1S/C15H24N2O3.ClH/c1-4-8-16-9-10-17-15(18)12-6-7-13(20-5-2)14(11-12)19-3;/h6-7,11,16H,4-5,8-10H2,1-3H3,(H,17,18);1H. The minimum Gasteiger partial charge on any atom is -0.493 e. The van der Waals surface area contributed by atoms with E-state index in [0.717, 1.165) is 19.5 Å². The van der Waals surface area contributed by atoms with Crippen molar-refractivity contribution in [1.29, 1.82) is 0 Å². The summed E-state index contributed by atoms with van der Waals surface area (Å²) in [5.41, 5.74) is 0.570. The van der Waals surface area contributed by atoms with Gasteiger partial charge in [-0.05, 0) is 38.1 Å². The Kier molecular flexibility index (Phi) is 10.4. The van der Waals surface area contributed by atoms with Crippen LogP contribution in [-0.2, 0) is 0 Å².